The third-order valence-electron chi connectivity index (χ3n) is 4.42. The molecule has 0 aliphatic heterocycles. The summed E-state index contributed by atoms with van der Waals surface area (Å²) in [5.41, 5.74) is 3.81. The molecular formula is C16H25NO2. The van der Waals surface area contributed by atoms with Crippen molar-refractivity contribution >= 4 is 0 Å². The van der Waals surface area contributed by atoms with Gasteiger partial charge >= 0.3 is 0 Å². The minimum Gasteiger partial charge on any atom is -0.388 e. The Kier molecular flexibility index (Phi) is 3.94. The molecule has 3 rings (SSSR count). The Balaban J connectivity index is 1.54. The molecular weight excluding hydrogens is 238 g/mol. The lowest BCUT2D eigenvalue weighted by Crippen LogP contribution is -2.13. The monoisotopic (exact) mass is 263 g/mol. The molecule has 1 unspecified atom stereocenters. The predicted molar refractivity (Wildman–Crippen MR) is 75.2 cm³/mol. The SMILES string of the molecule is Cc1cc2c(n1CCCOCC1CC1)CCCC2O. The van der Waals surface area contributed by atoms with Crippen molar-refractivity contribution in [3.63, 3.8) is 0 Å². The summed E-state index contributed by atoms with van der Waals surface area (Å²) in [7, 11) is 0. The van der Waals surface area contributed by atoms with Crippen LogP contribution in [-0.2, 0) is 17.7 Å². The van der Waals surface area contributed by atoms with E-state index in [0.717, 1.165) is 51.4 Å². The van der Waals surface area contributed by atoms with Crippen molar-refractivity contribution in [2.45, 2.75) is 58.1 Å². The fourth-order valence-electron chi connectivity index (χ4n) is 3.11. The molecule has 1 aromatic rings. The molecule has 2 aliphatic carbocycles. The summed E-state index contributed by atoms with van der Waals surface area (Å²) in [6.45, 7) is 5.00. The minimum absolute atomic E-state index is 0.241. The lowest BCUT2D eigenvalue weighted by molar-refractivity contribution is 0.119. The highest BCUT2D eigenvalue weighted by atomic mass is 16.5. The van der Waals surface area contributed by atoms with Crippen molar-refractivity contribution < 1.29 is 9.84 Å². The van der Waals surface area contributed by atoms with Crippen molar-refractivity contribution in [3.8, 4) is 0 Å². The van der Waals surface area contributed by atoms with Crippen LogP contribution < -0.4 is 0 Å². The van der Waals surface area contributed by atoms with E-state index >= 15 is 0 Å². The zero-order valence-electron chi connectivity index (χ0n) is 11.9. The van der Waals surface area contributed by atoms with E-state index in [-0.39, 0.29) is 6.10 Å². The maximum absolute atomic E-state index is 10.0. The van der Waals surface area contributed by atoms with E-state index in [0.29, 0.717) is 0 Å². The first-order chi connectivity index (χ1) is 9.25. The summed E-state index contributed by atoms with van der Waals surface area (Å²) in [5.74, 6) is 0.858. The fraction of sp³-hybridized carbons (Fsp3) is 0.750. The average molecular weight is 263 g/mol. The summed E-state index contributed by atoms with van der Waals surface area (Å²) < 4.78 is 8.09. The molecule has 1 aromatic heterocycles. The maximum atomic E-state index is 10.0. The Hall–Kier alpha value is -0.800. The van der Waals surface area contributed by atoms with Gasteiger partial charge in [0.05, 0.1) is 6.10 Å². The van der Waals surface area contributed by atoms with Gasteiger partial charge in [-0.2, -0.15) is 0 Å². The van der Waals surface area contributed by atoms with Crippen molar-refractivity contribution in [2.75, 3.05) is 13.2 Å². The Morgan fingerprint density at radius 3 is 3.00 bits per heavy atom. The summed E-state index contributed by atoms with van der Waals surface area (Å²) >= 11 is 0. The van der Waals surface area contributed by atoms with Gasteiger partial charge in [-0.25, -0.2) is 0 Å². The summed E-state index contributed by atoms with van der Waals surface area (Å²) in [5, 5.41) is 10.0. The van der Waals surface area contributed by atoms with Crippen LogP contribution in [0, 0.1) is 12.8 Å². The van der Waals surface area contributed by atoms with E-state index < -0.39 is 0 Å². The molecule has 3 nitrogen and oxygen atoms in total. The molecule has 2 aliphatic rings. The van der Waals surface area contributed by atoms with Gasteiger partial charge in [0.25, 0.3) is 0 Å². The van der Waals surface area contributed by atoms with E-state index in [1.54, 1.807) is 0 Å². The van der Waals surface area contributed by atoms with Gasteiger partial charge < -0.3 is 14.4 Å². The highest BCUT2D eigenvalue weighted by Gasteiger charge is 2.23. The molecule has 1 heterocycles. The maximum Gasteiger partial charge on any atom is 0.0807 e. The third-order valence-corrected chi connectivity index (χ3v) is 4.42. The lowest BCUT2D eigenvalue weighted by atomic mass is 9.95. The van der Waals surface area contributed by atoms with Crippen LogP contribution in [-0.4, -0.2) is 22.9 Å². The van der Waals surface area contributed by atoms with Gasteiger partial charge in [0.2, 0.25) is 0 Å². The number of ether oxygens (including phenoxy) is 1. The standard InChI is InChI=1S/C16H25NO2/c1-12-10-14-15(4-2-5-16(14)18)17(12)8-3-9-19-11-13-6-7-13/h10,13,16,18H,2-9,11H2,1H3. The zero-order valence-corrected chi connectivity index (χ0v) is 11.9. The third kappa shape index (κ3) is 3.03. The predicted octanol–water partition coefficient (Wildman–Crippen LogP) is 2.98. The number of rotatable bonds is 6. The van der Waals surface area contributed by atoms with Gasteiger partial charge in [0.1, 0.15) is 0 Å². The van der Waals surface area contributed by atoms with Crippen LogP contribution in [0.25, 0.3) is 0 Å². The Labute approximate surface area is 115 Å². The molecule has 1 N–H and O–H groups in total. The largest absolute Gasteiger partial charge is 0.388 e. The number of aliphatic hydroxyl groups is 1. The lowest BCUT2D eigenvalue weighted by Gasteiger charge is -2.20. The van der Waals surface area contributed by atoms with Crippen LogP contribution in [0.1, 0.15) is 55.2 Å². The molecule has 106 valence electrons. The molecule has 0 amide bonds. The van der Waals surface area contributed by atoms with Gasteiger partial charge in [0.15, 0.2) is 0 Å². The molecule has 0 bridgehead atoms. The molecule has 0 radical (unpaired) electrons. The quantitative estimate of drug-likeness (QED) is 0.801. The zero-order chi connectivity index (χ0) is 13.2. The Morgan fingerprint density at radius 1 is 1.37 bits per heavy atom. The number of aryl methyl sites for hydroxylation is 1. The minimum atomic E-state index is -0.241. The average Bonchev–Trinajstić information content (AvgIpc) is 3.15. The molecule has 1 fully saturated rings. The topological polar surface area (TPSA) is 34.4 Å². The van der Waals surface area contributed by atoms with Crippen LogP contribution in [0.3, 0.4) is 0 Å². The molecule has 1 saturated carbocycles. The van der Waals surface area contributed by atoms with Crippen LogP contribution in [0.15, 0.2) is 6.07 Å². The number of aliphatic hydroxyl groups excluding tert-OH is 1. The molecule has 19 heavy (non-hydrogen) atoms. The van der Waals surface area contributed by atoms with E-state index in [1.165, 1.54) is 29.8 Å². The second-order valence-corrected chi connectivity index (χ2v) is 6.12. The van der Waals surface area contributed by atoms with Gasteiger partial charge in [-0.05, 0) is 57.4 Å². The summed E-state index contributed by atoms with van der Waals surface area (Å²) in [4.78, 5) is 0. The summed E-state index contributed by atoms with van der Waals surface area (Å²) in [6.07, 6.45) is 6.70. The first kappa shape index (κ1) is 13.2. The van der Waals surface area contributed by atoms with Crippen LogP contribution in [0.4, 0.5) is 0 Å². The molecule has 3 heteroatoms. The summed E-state index contributed by atoms with van der Waals surface area (Å²) in [6, 6.07) is 2.17. The van der Waals surface area contributed by atoms with E-state index in [1.807, 2.05) is 0 Å². The van der Waals surface area contributed by atoms with E-state index in [2.05, 4.69) is 17.6 Å². The van der Waals surface area contributed by atoms with Crippen molar-refractivity contribution in [1.82, 2.24) is 4.57 Å². The number of fused-ring (bicyclic) bond motifs is 1. The van der Waals surface area contributed by atoms with Gasteiger partial charge in [-0.3, -0.25) is 0 Å². The smallest absolute Gasteiger partial charge is 0.0807 e. The number of hydrogen-bond acceptors (Lipinski definition) is 2. The first-order valence-electron chi connectivity index (χ1n) is 7.70. The van der Waals surface area contributed by atoms with Crippen molar-refractivity contribution in [1.29, 1.82) is 0 Å². The van der Waals surface area contributed by atoms with Crippen molar-refractivity contribution in [2.24, 2.45) is 5.92 Å². The molecule has 0 spiro atoms. The number of nitrogens with zero attached hydrogens (tertiary/aromatic N) is 1. The number of aromatic nitrogens is 1. The van der Waals surface area contributed by atoms with Gasteiger partial charge in [-0.15, -0.1) is 0 Å². The highest BCUT2D eigenvalue weighted by molar-refractivity contribution is 5.31. The van der Waals surface area contributed by atoms with Gasteiger partial charge in [-0.1, -0.05) is 0 Å². The van der Waals surface area contributed by atoms with Crippen LogP contribution >= 0.6 is 0 Å². The molecule has 0 saturated heterocycles. The Morgan fingerprint density at radius 2 is 2.21 bits per heavy atom. The second-order valence-electron chi connectivity index (χ2n) is 6.12. The normalized spacial score (nSPS) is 22.5. The molecule has 0 aromatic carbocycles. The van der Waals surface area contributed by atoms with Crippen LogP contribution in [0.5, 0.6) is 0 Å². The fourth-order valence-corrected chi connectivity index (χ4v) is 3.11. The second kappa shape index (κ2) is 5.68. The van der Waals surface area contributed by atoms with Crippen molar-refractivity contribution in [3.05, 3.63) is 23.0 Å². The first-order valence-corrected chi connectivity index (χ1v) is 7.70. The highest BCUT2D eigenvalue weighted by Crippen LogP contribution is 2.32. The van der Waals surface area contributed by atoms with Gasteiger partial charge in [0, 0.05) is 36.7 Å². The van der Waals surface area contributed by atoms with Crippen LogP contribution in [0.2, 0.25) is 0 Å². The molecule has 1 atom stereocenters. The Bertz CT molecular complexity index is 434. The van der Waals surface area contributed by atoms with E-state index in [9.17, 15) is 5.11 Å². The number of hydrogen-bond donors (Lipinski definition) is 1. The van der Waals surface area contributed by atoms with E-state index in [4.69, 9.17) is 4.74 Å².